The fourth-order valence-corrected chi connectivity index (χ4v) is 2.02. The molecule has 2 nitrogen and oxygen atoms in total. The van der Waals surface area contributed by atoms with Crippen molar-refractivity contribution >= 4 is 15.9 Å². The Morgan fingerprint density at radius 3 is 2.35 bits per heavy atom. The smallest absolute Gasteiger partial charge is 0.127 e. The number of aromatic hydroxyl groups is 1. The third-order valence-corrected chi connectivity index (χ3v) is 3.51. The summed E-state index contributed by atoms with van der Waals surface area (Å²) in [6.07, 6.45) is 0. The molecule has 0 bridgehead atoms. The molecule has 17 heavy (non-hydrogen) atoms. The van der Waals surface area contributed by atoms with E-state index in [-0.39, 0.29) is 5.75 Å². The molecule has 88 valence electrons. The molecule has 2 rings (SSSR count). The summed E-state index contributed by atoms with van der Waals surface area (Å²) in [4.78, 5) is 0. The van der Waals surface area contributed by atoms with Gasteiger partial charge >= 0.3 is 0 Å². The van der Waals surface area contributed by atoms with E-state index in [2.05, 4.69) is 22.0 Å². The molecule has 0 fully saturated rings. The lowest BCUT2D eigenvalue weighted by Crippen LogP contribution is -1.90. The van der Waals surface area contributed by atoms with Crippen LogP contribution in [0.3, 0.4) is 0 Å². The predicted molar refractivity (Wildman–Crippen MR) is 72.5 cm³/mol. The molecule has 0 amide bonds. The molecule has 0 aliphatic carbocycles. The Morgan fingerprint density at radius 2 is 1.76 bits per heavy atom. The van der Waals surface area contributed by atoms with Gasteiger partial charge in [0, 0.05) is 10.0 Å². The van der Waals surface area contributed by atoms with Gasteiger partial charge in [0.05, 0.1) is 7.11 Å². The minimum Gasteiger partial charge on any atom is -0.508 e. The van der Waals surface area contributed by atoms with Crippen LogP contribution in [-0.2, 0) is 0 Å². The van der Waals surface area contributed by atoms with Crippen molar-refractivity contribution in [3.8, 4) is 22.6 Å². The van der Waals surface area contributed by atoms with Crippen molar-refractivity contribution in [2.75, 3.05) is 7.11 Å². The highest BCUT2D eigenvalue weighted by Crippen LogP contribution is 2.35. The van der Waals surface area contributed by atoms with E-state index in [0.29, 0.717) is 0 Å². The first-order valence-corrected chi connectivity index (χ1v) is 6.04. The quantitative estimate of drug-likeness (QED) is 0.901. The molecule has 3 heteroatoms. The summed E-state index contributed by atoms with van der Waals surface area (Å²) in [5.74, 6) is 1.08. The van der Waals surface area contributed by atoms with E-state index < -0.39 is 0 Å². The van der Waals surface area contributed by atoms with Gasteiger partial charge in [-0.15, -0.1) is 0 Å². The Morgan fingerprint density at radius 1 is 1.12 bits per heavy atom. The van der Waals surface area contributed by atoms with Gasteiger partial charge in [-0.2, -0.15) is 0 Å². The van der Waals surface area contributed by atoms with Crippen LogP contribution in [0.5, 0.6) is 11.5 Å². The van der Waals surface area contributed by atoms with Crippen LogP contribution in [0, 0.1) is 6.92 Å². The zero-order valence-corrected chi connectivity index (χ0v) is 11.3. The third-order valence-electron chi connectivity index (χ3n) is 2.66. The van der Waals surface area contributed by atoms with E-state index in [1.54, 1.807) is 19.2 Å². The van der Waals surface area contributed by atoms with Gasteiger partial charge in [0.25, 0.3) is 0 Å². The van der Waals surface area contributed by atoms with Crippen molar-refractivity contribution in [3.05, 3.63) is 46.4 Å². The number of aryl methyl sites for hydroxylation is 1. The van der Waals surface area contributed by atoms with Crippen LogP contribution in [-0.4, -0.2) is 12.2 Å². The van der Waals surface area contributed by atoms with Crippen LogP contribution in [0.4, 0.5) is 0 Å². The highest BCUT2D eigenvalue weighted by Gasteiger charge is 2.08. The lowest BCUT2D eigenvalue weighted by molar-refractivity contribution is 0.416. The second-order valence-corrected chi connectivity index (χ2v) is 4.70. The van der Waals surface area contributed by atoms with Crippen LogP contribution in [0.25, 0.3) is 11.1 Å². The number of phenolic OH excluding ortho intramolecular Hbond substituents is 1. The van der Waals surface area contributed by atoms with Crippen molar-refractivity contribution in [2.24, 2.45) is 0 Å². The van der Waals surface area contributed by atoms with Gasteiger partial charge in [-0.1, -0.05) is 28.1 Å². The molecule has 0 atom stereocenters. The molecule has 0 saturated heterocycles. The van der Waals surface area contributed by atoms with Crippen LogP contribution >= 0.6 is 15.9 Å². The maximum Gasteiger partial charge on any atom is 0.127 e. The normalized spacial score (nSPS) is 10.3. The molecule has 0 aromatic heterocycles. The van der Waals surface area contributed by atoms with Gasteiger partial charge < -0.3 is 9.84 Å². The summed E-state index contributed by atoms with van der Waals surface area (Å²) in [6, 6.07) is 11.1. The molecule has 1 N–H and O–H groups in total. The lowest BCUT2D eigenvalue weighted by Gasteiger charge is -2.11. The van der Waals surface area contributed by atoms with Crippen LogP contribution in [0.1, 0.15) is 5.56 Å². The second kappa shape index (κ2) is 4.80. The van der Waals surface area contributed by atoms with Gasteiger partial charge in [-0.05, 0) is 42.3 Å². The van der Waals surface area contributed by atoms with E-state index in [4.69, 9.17) is 4.74 Å². The Hall–Kier alpha value is -1.48. The summed E-state index contributed by atoms with van der Waals surface area (Å²) in [5.41, 5.74) is 3.19. The minimum absolute atomic E-state index is 0.265. The number of methoxy groups -OCH3 is 1. The number of hydrogen-bond acceptors (Lipinski definition) is 2. The van der Waals surface area contributed by atoms with Crippen LogP contribution in [0.2, 0.25) is 0 Å². The molecular weight excluding hydrogens is 280 g/mol. The van der Waals surface area contributed by atoms with E-state index in [1.807, 2.05) is 25.1 Å². The van der Waals surface area contributed by atoms with Crippen molar-refractivity contribution in [1.29, 1.82) is 0 Å². The number of rotatable bonds is 2. The van der Waals surface area contributed by atoms with Gasteiger partial charge in [-0.3, -0.25) is 0 Å². The number of phenols is 1. The Kier molecular flexibility index (Phi) is 3.38. The topological polar surface area (TPSA) is 29.5 Å². The summed E-state index contributed by atoms with van der Waals surface area (Å²) in [6.45, 7) is 2.04. The van der Waals surface area contributed by atoms with Gasteiger partial charge in [0.15, 0.2) is 0 Å². The van der Waals surface area contributed by atoms with E-state index in [9.17, 15) is 5.11 Å². The van der Waals surface area contributed by atoms with Gasteiger partial charge in [-0.25, -0.2) is 0 Å². The van der Waals surface area contributed by atoms with Crippen molar-refractivity contribution < 1.29 is 9.84 Å². The third kappa shape index (κ3) is 2.44. The number of hydrogen-bond donors (Lipinski definition) is 1. The van der Waals surface area contributed by atoms with Crippen molar-refractivity contribution in [3.63, 3.8) is 0 Å². The Bertz CT molecular complexity index is 533. The largest absolute Gasteiger partial charge is 0.508 e. The first-order chi connectivity index (χ1) is 8.11. The van der Waals surface area contributed by atoms with Crippen LogP contribution in [0.15, 0.2) is 40.9 Å². The summed E-state index contributed by atoms with van der Waals surface area (Å²) >= 11 is 3.49. The second-order valence-electron chi connectivity index (χ2n) is 3.85. The molecule has 0 aliphatic heterocycles. The molecule has 0 spiro atoms. The van der Waals surface area contributed by atoms with E-state index in [0.717, 1.165) is 26.9 Å². The first kappa shape index (κ1) is 12.0. The fraction of sp³-hybridized carbons (Fsp3) is 0.143. The number of halogens is 1. The van der Waals surface area contributed by atoms with E-state index >= 15 is 0 Å². The monoisotopic (exact) mass is 292 g/mol. The van der Waals surface area contributed by atoms with Gasteiger partial charge in [0.1, 0.15) is 11.5 Å². The van der Waals surface area contributed by atoms with E-state index in [1.165, 1.54) is 0 Å². The maximum atomic E-state index is 9.29. The van der Waals surface area contributed by atoms with Crippen molar-refractivity contribution in [1.82, 2.24) is 0 Å². The highest BCUT2D eigenvalue weighted by molar-refractivity contribution is 9.10. The van der Waals surface area contributed by atoms with Crippen LogP contribution < -0.4 is 4.74 Å². The molecule has 0 aliphatic rings. The van der Waals surface area contributed by atoms with Gasteiger partial charge in [0.2, 0.25) is 0 Å². The molecule has 0 heterocycles. The molecule has 2 aromatic rings. The highest BCUT2D eigenvalue weighted by atomic mass is 79.9. The zero-order valence-electron chi connectivity index (χ0n) is 9.70. The maximum absolute atomic E-state index is 9.29. The predicted octanol–water partition coefficient (Wildman–Crippen LogP) is 4.14. The summed E-state index contributed by atoms with van der Waals surface area (Å²) < 4.78 is 6.40. The zero-order chi connectivity index (χ0) is 12.4. The lowest BCUT2D eigenvalue weighted by atomic mass is 10.0. The molecule has 0 unspecified atom stereocenters. The fourth-order valence-electron chi connectivity index (χ4n) is 1.70. The van der Waals surface area contributed by atoms with Crippen molar-refractivity contribution in [2.45, 2.75) is 6.92 Å². The number of ether oxygens (including phenoxy) is 1. The summed E-state index contributed by atoms with van der Waals surface area (Å²) in [7, 11) is 1.65. The Balaban J connectivity index is 2.57. The first-order valence-electron chi connectivity index (χ1n) is 5.25. The average Bonchev–Trinajstić information content (AvgIpc) is 2.33. The molecule has 2 aromatic carbocycles. The molecule has 0 radical (unpaired) electrons. The summed E-state index contributed by atoms with van der Waals surface area (Å²) in [5, 5.41) is 9.29. The standard InChI is InChI=1S/C14H13BrO2/c1-9-7-12(14(17-2)8-13(9)15)10-3-5-11(16)6-4-10/h3-8,16H,1-2H3. The molecular formula is C14H13BrO2. The Labute approximate surface area is 109 Å². The molecule has 0 saturated carbocycles. The average molecular weight is 293 g/mol. The SMILES string of the molecule is COc1cc(Br)c(C)cc1-c1ccc(O)cc1. The minimum atomic E-state index is 0.265. The number of benzene rings is 2.